The summed E-state index contributed by atoms with van der Waals surface area (Å²) in [7, 11) is 0. The topological polar surface area (TPSA) is 43.4 Å². The highest BCUT2D eigenvalue weighted by atomic mass is 16.5. The van der Waals surface area contributed by atoms with E-state index in [0.29, 0.717) is 24.2 Å². The maximum atomic E-state index is 11.1. The third-order valence-corrected chi connectivity index (χ3v) is 3.76. The molecular formula is C12H18O3. The molecule has 0 N–H and O–H groups in total. The molecule has 0 aromatic carbocycles. The fourth-order valence-electron chi connectivity index (χ4n) is 3.38. The molecule has 0 unspecified atom stereocenters. The number of hydrogen-bond donors (Lipinski definition) is 0. The Balaban J connectivity index is 1.96. The molecule has 84 valence electrons. The van der Waals surface area contributed by atoms with Crippen LogP contribution in [0.5, 0.6) is 0 Å². The van der Waals surface area contributed by atoms with Crippen LogP contribution in [0.2, 0.25) is 0 Å². The zero-order chi connectivity index (χ0) is 11.0. The molecule has 15 heavy (non-hydrogen) atoms. The summed E-state index contributed by atoms with van der Waals surface area (Å²) in [4.78, 5) is 22.0. The number of ketones is 1. The van der Waals surface area contributed by atoms with Gasteiger partial charge < -0.3 is 9.53 Å². The van der Waals surface area contributed by atoms with Crippen molar-refractivity contribution in [2.45, 2.75) is 45.6 Å². The number of hydrogen-bond acceptors (Lipinski definition) is 3. The van der Waals surface area contributed by atoms with Gasteiger partial charge in [-0.05, 0) is 43.9 Å². The fourth-order valence-corrected chi connectivity index (χ4v) is 3.38. The Morgan fingerprint density at radius 1 is 1.20 bits per heavy atom. The van der Waals surface area contributed by atoms with Crippen molar-refractivity contribution >= 4 is 11.8 Å². The van der Waals surface area contributed by atoms with E-state index < -0.39 is 0 Å². The summed E-state index contributed by atoms with van der Waals surface area (Å²) in [6.07, 6.45) is 4.07. The van der Waals surface area contributed by atoms with E-state index in [1.165, 1.54) is 6.92 Å². The third kappa shape index (κ3) is 2.21. The fraction of sp³-hybridized carbons (Fsp3) is 0.833. The monoisotopic (exact) mass is 210 g/mol. The van der Waals surface area contributed by atoms with Crippen LogP contribution in [-0.2, 0) is 14.3 Å². The summed E-state index contributed by atoms with van der Waals surface area (Å²) in [6.45, 7) is 3.11. The molecule has 0 radical (unpaired) electrons. The second-order valence-electron chi connectivity index (χ2n) is 5.05. The third-order valence-electron chi connectivity index (χ3n) is 3.76. The van der Waals surface area contributed by atoms with Gasteiger partial charge in [0.05, 0.1) is 0 Å². The molecule has 0 aromatic rings. The average molecular weight is 210 g/mol. The van der Waals surface area contributed by atoms with Gasteiger partial charge in [-0.25, -0.2) is 0 Å². The van der Waals surface area contributed by atoms with Crippen LogP contribution in [-0.4, -0.2) is 17.9 Å². The number of ether oxygens (including phenoxy) is 1. The van der Waals surface area contributed by atoms with Gasteiger partial charge in [-0.2, -0.15) is 0 Å². The van der Waals surface area contributed by atoms with E-state index in [1.807, 2.05) is 0 Å². The first kappa shape index (κ1) is 10.7. The lowest BCUT2D eigenvalue weighted by atomic mass is 9.83. The summed E-state index contributed by atoms with van der Waals surface area (Å²) in [5, 5.41) is 0. The molecule has 2 rings (SSSR count). The molecule has 2 saturated carbocycles. The summed E-state index contributed by atoms with van der Waals surface area (Å²) >= 11 is 0. The van der Waals surface area contributed by atoms with Crippen LogP contribution < -0.4 is 0 Å². The standard InChI is InChI=1S/C12H18O3/c1-7(13)3-10-4-9-5-11(10)12(6-9)15-8(2)14/h9-12H,3-6H2,1-2H3/t9-,10-,11-,12+/m0/s1. The highest BCUT2D eigenvalue weighted by Crippen LogP contribution is 2.50. The van der Waals surface area contributed by atoms with Crippen molar-refractivity contribution in [3.05, 3.63) is 0 Å². The average Bonchev–Trinajstić information content (AvgIpc) is 2.59. The van der Waals surface area contributed by atoms with Gasteiger partial charge in [-0.15, -0.1) is 0 Å². The molecule has 0 saturated heterocycles. The van der Waals surface area contributed by atoms with Crippen LogP contribution in [0.15, 0.2) is 0 Å². The molecule has 3 heteroatoms. The number of esters is 1. The Morgan fingerprint density at radius 2 is 1.93 bits per heavy atom. The van der Waals surface area contributed by atoms with Gasteiger partial charge in [0.25, 0.3) is 0 Å². The quantitative estimate of drug-likeness (QED) is 0.669. The van der Waals surface area contributed by atoms with Gasteiger partial charge >= 0.3 is 5.97 Å². The highest BCUT2D eigenvalue weighted by Gasteiger charge is 2.47. The van der Waals surface area contributed by atoms with Gasteiger partial charge in [0.1, 0.15) is 11.9 Å². The minimum absolute atomic E-state index is 0.0885. The van der Waals surface area contributed by atoms with Crippen molar-refractivity contribution in [2.24, 2.45) is 17.8 Å². The molecule has 2 fully saturated rings. The first-order valence-corrected chi connectivity index (χ1v) is 5.73. The molecule has 2 bridgehead atoms. The Morgan fingerprint density at radius 3 is 2.47 bits per heavy atom. The molecule has 0 spiro atoms. The van der Waals surface area contributed by atoms with Crippen LogP contribution in [0.1, 0.15) is 39.5 Å². The zero-order valence-electron chi connectivity index (χ0n) is 9.36. The van der Waals surface area contributed by atoms with Crippen LogP contribution >= 0.6 is 0 Å². The van der Waals surface area contributed by atoms with Crippen LogP contribution in [0.3, 0.4) is 0 Å². The molecule has 0 aliphatic heterocycles. The normalized spacial score (nSPS) is 38.0. The maximum absolute atomic E-state index is 11.1. The van der Waals surface area contributed by atoms with Gasteiger partial charge in [0, 0.05) is 13.3 Å². The van der Waals surface area contributed by atoms with E-state index in [9.17, 15) is 9.59 Å². The Labute approximate surface area is 90.2 Å². The lowest BCUT2D eigenvalue weighted by Gasteiger charge is -2.28. The number of Topliss-reactive ketones (excluding diaryl/α,β-unsaturated/α-hetero) is 1. The van der Waals surface area contributed by atoms with E-state index >= 15 is 0 Å². The molecule has 2 aliphatic carbocycles. The second kappa shape index (κ2) is 3.95. The van der Waals surface area contributed by atoms with E-state index in [2.05, 4.69) is 0 Å². The highest BCUT2D eigenvalue weighted by molar-refractivity contribution is 5.75. The number of carbonyl (C=O) groups is 2. The van der Waals surface area contributed by atoms with E-state index in [1.54, 1.807) is 6.92 Å². The van der Waals surface area contributed by atoms with Crippen LogP contribution in [0, 0.1) is 17.8 Å². The van der Waals surface area contributed by atoms with E-state index in [0.717, 1.165) is 19.3 Å². The van der Waals surface area contributed by atoms with Crippen molar-refractivity contribution < 1.29 is 14.3 Å². The SMILES string of the molecule is CC(=O)C[C@H]1C[C@H]2C[C@@H]1[C@H](OC(C)=O)C2. The molecular weight excluding hydrogens is 192 g/mol. The molecule has 4 atom stereocenters. The van der Waals surface area contributed by atoms with Crippen molar-refractivity contribution in [2.75, 3.05) is 0 Å². The van der Waals surface area contributed by atoms with Gasteiger partial charge in [-0.3, -0.25) is 4.79 Å². The Hall–Kier alpha value is -0.860. The van der Waals surface area contributed by atoms with Gasteiger partial charge in [0.2, 0.25) is 0 Å². The summed E-state index contributed by atoms with van der Waals surface area (Å²) in [5.74, 6) is 1.67. The second-order valence-corrected chi connectivity index (χ2v) is 5.05. The largest absolute Gasteiger partial charge is 0.462 e. The molecule has 3 nitrogen and oxygen atoms in total. The van der Waals surface area contributed by atoms with E-state index in [4.69, 9.17) is 4.74 Å². The predicted octanol–water partition coefficient (Wildman–Crippen LogP) is 1.94. The van der Waals surface area contributed by atoms with Gasteiger partial charge in [0.15, 0.2) is 0 Å². The molecule has 2 aliphatic rings. The molecule has 0 amide bonds. The Kier molecular flexibility index (Phi) is 2.81. The summed E-state index contributed by atoms with van der Waals surface area (Å²) in [6, 6.07) is 0. The molecule has 0 aromatic heterocycles. The van der Waals surface area contributed by atoms with Gasteiger partial charge in [-0.1, -0.05) is 0 Å². The lowest BCUT2D eigenvalue weighted by molar-refractivity contribution is -0.149. The van der Waals surface area contributed by atoms with Crippen LogP contribution in [0.4, 0.5) is 0 Å². The first-order valence-electron chi connectivity index (χ1n) is 5.73. The number of carbonyl (C=O) groups excluding carboxylic acids is 2. The number of fused-ring (bicyclic) bond motifs is 2. The van der Waals surface area contributed by atoms with Crippen molar-refractivity contribution in [3.8, 4) is 0 Å². The van der Waals surface area contributed by atoms with Crippen molar-refractivity contribution in [1.29, 1.82) is 0 Å². The van der Waals surface area contributed by atoms with Crippen LogP contribution in [0.25, 0.3) is 0 Å². The number of rotatable bonds is 3. The van der Waals surface area contributed by atoms with Crippen molar-refractivity contribution in [1.82, 2.24) is 0 Å². The van der Waals surface area contributed by atoms with E-state index in [-0.39, 0.29) is 17.9 Å². The minimum atomic E-state index is -0.186. The Bertz CT molecular complexity index is 259. The minimum Gasteiger partial charge on any atom is -0.462 e. The summed E-state index contributed by atoms with van der Waals surface area (Å²) < 4.78 is 5.31. The zero-order valence-corrected chi connectivity index (χ0v) is 9.36. The molecule has 0 heterocycles. The predicted molar refractivity (Wildman–Crippen MR) is 55.2 cm³/mol. The first-order chi connectivity index (χ1) is 7.06. The maximum Gasteiger partial charge on any atom is 0.302 e. The summed E-state index contributed by atoms with van der Waals surface area (Å²) in [5.41, 5.74) is 0. The smallest absolute Gasteiger partial charge is 0.302 e. The lowest BCUT2D eigenvalue weighted by Crippen LogP contribution is -2.29. The van der Waals surface area contributed by atoms with Crippen molar-refractivity contribution in [3.63, 3.8) is 0 Å².